The van der Waals surface area contributed by atoms with E-state index < -0.39 is 0 Å². The lowest BCUT2D eigenvalue weighted by molar-refractivity contribution is 0.737. The first-order valence-corrected chi connectivity index (χ1v) is 6.78. The molecule has 0 aromatic heterocycles. The topological polar surface area (TPSA) is 15.3 Å². The highest BCUT2D eigenvalue weighted by atomic mass is 35.5. The third kappa shape index (κ3) is 6.16. The van der Waals surface area contributed by atoms with Crippen molar-refractivity contribution in [3.05, 3.63) is 28.2 Å². The summed E-state index contributed by atoms with van der Waals surface area (Å²) < 4.78 is 0. The minimum Gasteiger partial charge on any atom is -0.370 e. The second-order valence-electron chi connectivity index (χ2n) is 3.31. The third-order valence-corrected chi connectivity index (χ3v) is 2.66. The lowest BCUT2D eigenvalue weighted by Crippen LogP contribution is -2.30. The lowest BCUT2D eigenvalue weighted by atomic mass is 10.3. The largest absolute Gasteiger partial charge is 0.370 e. The Morgan fingerprint density at radius 1 is 1.12 bits per heavy atom. The number of hydrogen-bond donors (Lipinski definition) is 1. The fraction of sp³-hybridized carbons (Fsp3) is 0.538. The molecule has 17 heavy (non-hydrogen) atoms. The van der Waals surface area contributed by atoms with Crippen LogP contribution in [0.1, 0.15) is 20.8 Å². The first-order chi connectivity index (χ1) is 8.17. The number of anilines is 1. The van der Waals surface area contributed by atoms with Crippen LogP contribution in [0.15, 0.2) is 18.2 Å². The van der Waals surface area contributed by atoms with Crippen molar-refractivity contribution in [2.75, 3.05) is 31.6 Å². The summed E-state index contributed by atoms with van der Waals surface area (Å²) in [5.74, 6) is 0. The van der Waals surface area contributed by atoms with Crippen molar-refractivity contribution >= 4 is 28.9 Å². The van der Waals surface area contributed by atoms with Crippen LogP contribution in [-0.4, -0.2) is 26.7 Å². The molecule has 1 aromatic rings. The smallest absolute Gasteiger partial charge is 0.0441 e. The highest BCUT2D eigenvalue weighted by Gasteiger charge is 2.05. The molecule has 0 amide bonds. The Kier molecular flexibility index (Phi) is 9.33. The number of hydrogen-bond acceptors (Lipinski definition) is 2. The number of halogens is 2. The molecule has 0 aliphatic heterocycles. The van der Waals surface area contributed by atoms with Gasteiger partial charge in [0.2, 0.25) is 0 Å². The highest BCUT2D eigenvalue weighted by Crippen LogP contribution is 2.25. The molecule has 0 saturated carbocycles. The maximum Gasteiger partial charge on any atom is 0.0441 e. The second kappa shape index (κ2) is 9.58. The highest BCUT2D eigenvalue weighted by molar-refractivity contribution is 6.35. The van der Waals surface area contributed by atoms with Crippen molar-refractivity contribution in [3.8, 4) is 0 Å². The molecule has 0 saturated heterocycles. The number of nitrogens with one attached hydrogen (secondary N) is 1. The molecule has 0 heterocycles. The summed E-state index contributed by atoms with van der Waals surface area (Å²) in [6, 6.07) is 5.62. The van der Waals surface area contributed by atoms with E-state index in [1.807, 2.05) is 33.0 Å². The van der Waals surface area contributed by atoms with Gasteiger partial charge < -0.3 is 10.2 Å². The summed E-state index contributed by atoms with van der Waals surface area (Å²) in [5.41, 5.74) is 1.07. The molecule has 0 fully saturated rings. The Balaban J connectivity index is 0.00000121. The van der Waals surface area contributed by atoms with Crippen LogP contribution in [0.3, 0.4) is 0 Å². The van der Waals surface area contributed by atoms with Gasteiger partial charge in [0.1, 0.15) is 0 Å². The predicted molar refractivity (Wildman–Crippen MR) is 79.6 cm³/mol. The summed E-state index contributed by atoms with van der Waals surface area (Å²) in [7, 11) is 1.94. The van der Waals surface area contributed by atoms with Gasteiger partial charge in [0.25, 0.3) is 0 Å². The van der Waals surface area contributed by atoms with E-state index in [-0.39, 0.29) is 0 Å². The van der Waals surface area contributed by atoms with Crippen LogP contribution < -0.4 is 10.2 Å². The molecule has 0 spiro atoms. The van der Waals surface area contributed by atoms with Crippen molar-refractivity contribution < 1.29 is 0 Å². The van der Waals surface area contributed by atoms with Gasteiger partial charge in [0.05, 0.1) is 0 Å². The maximum absolute atomic E-state index is 5.96. The number of benzene rings is 1. The van der Waals surface area contributed by atoms with E-state index in [1.54, 1.807) is 6.07 Å². The van der Waals surface area contributed by atoms with Crippen LogP contribution in [0.25, 0.3) is 0 Å². The quantitative estimate of drug-likeness (QED) is 0.873. The van der Waals surface area contributed by atoms with Crippen LogP contribution in [0.2, 0.25) is 10.0 Å². The normalized spacial score (nSPS) is 9.53. The molecule has 1 rings (SSSR count). The molecule has 0 unspecified atom stereocenters. The van der Waals surface area contributed by atoms with E-state index in [0.717, 1.165) is 25.3 Å². The molecule has 0 atom stereocenters. The molecule has 1 aromatic carbocycles. The van der Waals surface area contributed by atoms with Crippen LogP contribution in [0, 0.1) is 0 Å². The average molecular weight is 277 g/mol. The Morgan fingerprint density at radius 2 is 1.65 bits per heavy atom. The van der Waals surface area contributed by atoms with E-state index >= 15 is 0 Å². The molecule has 0 radical (unpaired) electrons. The van der Waals surface area contributed by atoms with Crippen LogP contribution in [0.5, 0.6) is 0 Å². The van der Waals surface area contributed by atoms with Gasteiger partial charge in [-0.25, -0.2) is 0 Å². The van der Waals surface area contributed by atoms with Crippen molar-refractivity contribution in [1.82, 2.24) is 5.32 Å². The molecule has 1 N–H and O–H groups in total. The molecule has 0 bridgehead atoms. The van der Waals surface area contributed by atoms with Gasteiger partial charge >= 0.3 is 0 Å². The molecule has 2 nitrogen and oxygen atoms in total. The minimum atomic E-state index is 0.681. The van der Waals surface area contributed by atoms with Crippen molar-refractivity contribution in [2.24, 2.45) is 0 Å². The Morgan fingerprint density at radius 3 is 2.06 bits per heavy atom. The third-order valence-electron chi connectivity index (χ3n) is 2.23. The number of rotatable bonds is 5. The molecule has 0 aliphatic carbocycles. The summed E-state index contributed by atoms with van der Waals surface area (Å²) in [4.78, 5) is 2.23. The Labute approximate surface area is 115 Å². The van der Waals surface area contributed by atoms with E-state index in [0.29, 0.717) is 10.0 Å². The lowest BCUT2D eigenvalue weighted by Gasteiger charge is -2.23. The van der Waals surface area contributed by atoms with Crippen molar-refractivity contribution in [3.63, 3.8) is 0 Å². The van der Waals surface area contributed by atoms with Crippen LogP contribution in [0.4, 0.5) is 5.69 Å². The van der Waals surface area contributed by atoms with Crippen LogP contribution >= 0.6 is 23.2 Å². The second-order valence-corrected chi connectivity index (χ2v) is 4.18. The number of nitrogens with zero attached hydrogens (tertiary/aromatic N) is 1. The molecular formula is C13H22Cl2N2. The van der Waals surface area contributed by atoms with Crippen molar-refractivity contribution in [2.45, 2.75) is 20.8 Å². The van der Waals surface area contributed by atoms with Crippen LogP contribution in [-0.2, 0) is 0 Å². The zero-order valence-corrected chi connectivity index (χ0v) is 12.6. The minimum absolute atomic E-state index is 0.681. The van der Waals surface area contributed by atoms with Gasteiger partial charge in [0.15, 0.2) is 0 Å². The zero-order chi connectivity index (χ0) is 13.3. The SMILES string of the molecule is CC.CCN(CCNC)c1cc(Cl)cc(Cl)c1. The Hall–Kier alpha value is -0.440. The Bertz CT molecular complexity index is 296. The summed E-state index contributed by atoms with van der Waals surface area (Å²) in [6.07, 6.45) is 0. The standard InChI is InChI=1S/C11H16Cl2N2.C2H6/c1-3-15(5-4-14-2)11-7-9(12)6-10(13)8-11;1-2/h6-8,14H,3-5H2,1-2H3;1-2H3. The fourth-order valence-corrected chi connectivity index (χ4v) is 1.95. The first-order valence-electron chi connectivity index (χ1n) is 6.03. The number of likely N-dealkylation sites (N-methyl/N-ethyl adjacent to an activating group) is 2. The zero-order valence-electron chi connectivity index (χ0n) is 11.1. The van der Waals surface area contributed by atoms with Gasteiger partial charge in [-0.2, -0.15) is 0 Å². The molecule has 98 valence electrons. The maximum atomic E-state index is 5.96. The first kappa shape index (κ1) is 16.6. The molecule has 0 aliphatic rings. The molecule has 4 heteroatoms. The molecular weight excluding hydrogens is 255 g/mol. The van der Waals surface area contributed by atoms with Gasteiger partial charge in [-0.1, -0.05) is 37.0 Å². The van der Waals surface area contributed by atoms with Gasteiger partial charge in [-0.3, -0.25) is 0 Å². The van der Waals surface area contributed by atoms with E-state index in [1.165, 1.54) is 0 Å². The van der Waals surface area contributed by atoms with E-state index in [2.05, 4.69) is 17.1 Å². The monoisotopic (exact) mass is 276 g/mol. The van der Waals surface area contributed by atoms with E-state index in [9.17, 15) is 0 Å². The fourth-order valence-electron chi connectivity index (χ4n) is 1.44. The summed E-state index contributed by atoms with van der Waals surface area (Å²) in [6.45, 7) is 8.95. The van der Waals surface area contributed by atoms with Gasteiger partial charge in [-0.15, -0.1) is 0 Å². The van der Waals surface area contributed by atoms with Gasteiger partial charge in [-0.05, 0) is 32.2 Å². The van der Waals surface area contributed by atoms with E-state index in [4.69, 9.17) is 23.2 Å². The summed E-state index contributed by atoms with van der Waals surface area (Å²) in [5, 5.41) is 4.49. The summed E-state index contributed by atoms with van der Waals surface area (Å²) >= 11 is 11.9. The average Bonchev–Trinajstić information content (AvgIpc) is 2.31. The predicted octanol–water partition coefficient (Wildman–Crippen LogP) is 4.07. The van der Waals surface area contributed by atoms with Gasteiger partial charge in [0, 0.05) is 35.4 Å². The van der Waals surface area contributed by atoms with Crippen molar-refractivity contribution in [1.29, 1.82) is 0 Å².